The van der Waals surface area contributed by atoms with Gasteiger partial charge in [-0.2, -0.15) is 0 Å². The quantitative estimate of drug-likeness (QED) is 0.884. The number of hydrogen-bond acceptors (Lipinski definition) is 3. The van der Waals surface area contributed by atoms with Crippen molar-refractivity contribution in [2.24, 2.45) is 0 Å². The molecule has 0 fully saturated rings. The number of benzene rings is 1. The number of aryl methyl sites for hydroxylation is 1. The lowest BCUT2D eigenvalue weighted by molar-refractivity contribution is 0.102. The number of halogens is 2. The fourth-order valence-corrected chi connectivity index (χ4v) is 2.17. The van der Waals surface area contributed by atoms with Crippen LogP contribution in [0, 0.1) is 0 Å². The number of pyridine rings is 1. The van der Waals surface area contributed by atoms with E-state index in [1.165, 1.54) is 0 Å². The highest BCUT2D eigenvalue weighted by Gasteiger charge is 2.12. The van der Waals surface area contributed by atoms with E-state index >= 15 is 0 Å². The van der Waals surface area contributed by atoms with Gasteiger partial charge in [-0.1, -0.05) is 36.2 Å². The maximum Gasteiger partial charge on any atom is 0.255 e. The lowest BCUT2D eigenvalue weighted by Gasteiger charge is -2.10. The van der Waals surface area contributed by atoms with Crippen LogP contribution in [0.2, 0.25) is 10.0 Å². The molecule has 1 aromatic carbocycles. The van der Waals surface area contributed by atoms with E-state index in [4.69, 9.17) is 23.2 Å². The zero-order chi connectivity index (χ0) is 15.4. The highest BCUT2D eigenvalue weighted by atomic mass is 35.5. The van der Waals surface area contributed by atoms with Gasteiger partial charge in [0.05, 0.1) is 15.7 Å². The highest BCUT2D eigenvalue weighted by molar-refractivity contribution is 6.44. The van der Waals surface area contributed by atoms with Crippen LogP contribution >= 0.6 is 23.2 Å². The molecule has 4 nitrogen and oxygen atoms in total. The third-order valence-corrected chi connectivity index (χ3v) is 3.78. The van der Waals surface area contributed by atoms with Gasteiger partial charge in [0, 0.05) is 18.3 Å². The molecule has 1 heterocycles. The Labute approximate surface area is 133 Å². The summed E-state index contributed by atoms with van der Waals surface area (Å²) in [7, 11) is 1.76. The van der Waals surface area contributed by atoms with Crippen molar-refractivity contribution < 1.29 is 4.79 Å². The van der Waals surface area contributed by atoms with E-state index in [2.05, 4.69) is 15.6 Å². The third-order valence-electron chi connectivity index (χ3n) is 2.96. The molecule has 2 rings (SSSR count). The molecule has 0 atom stereocenters. The van der Waals surface area contributed by atoms with E-state index in [1.807, 2.05) is 6.92 Å². The van der Waals surface area contributed by atoms with Gasteiger partial charge in [0.25, 0.3) is 5.91 Å². The minimum Gasteiger partial charge on any atom is -0.373 e. The minimum absolute atomic E-state index is 0.257. The number of carbonyl (C=O) groups is 1. The summed E-state index contributed by atoms with van der Waals surface area (Å²) in [5, 5.41) is 6.42. The van der Waals surface area contributed by atoms with Crippen molar-refractivity contribution in [2.75, 3.05) is 17.7 Å². The maximum atomic E-state index is 12.3. The summed E-state index contributed by atoms with van der Waals surface area (Å²) in [5.41, 5.74) is 1.83. The predicted molar refractivity (Wildman–Crippen MR) is 87.6 cm³/mol. The average molecular weight is 324 g/mol. The van der Waals surface area contributed by atoms with E-state index < -0.39 is 0 Å². The fraction of sp³-hybridized carbons (Fsp3) is 0.200. The summed E-state index contributed by atoms with van der Waals surface area (Å²) >= 11 is 12.0. The van der Waals surface area contributed by atoms with Crippen LogP contribution in [0.3, 0.4) is 0 Å². The van der Waals surface area contributed by atoms with E-state index in [-0.39, 0.29) is 5.91 Å². The molecule has 110 valence electrons. The molecule has 1 aromatic heterocycles. The van der Waals surface area contributed by atoms with Crippen molar-refractivity contribution in [2.45, 2.75) is 13.3 Å². The number of amides is 1. The maximum absolute atomic E-state index is 12.3. The Morgan fingerprint density at radius 2 is 2.05 bits per heavy atom. The molecule has 2 aromatic rings. The van der Waals surface area contributed by atoms with Gasteiger partial charge in [-0.25, -0.2) is 4.98 Å². The molecule has 0 saturated carbocycles. The smallest absolute Gasteiger partial charge is 0.255 e. The molecule has 1 amide bonds. The summed E-state index contributed by atoms with van der Waals surface area (Å²) in [6, 6.07) is 8.54. The summed E-state index contributed by atoms with van der Waals surface area (Å²) < 4.78 is 0. The molecule has 0 radical (unpaired) electrons. The standard InChI is InChI=1S/C15H15Cl2N3O/c1-3-10-7-9(8-13(18-2)19-10)15(21)20-12-6-4-5-11(16)14(12)17/h4-8H,3H2,1-2H3,(H,18,19)(H,20,21). The van der Waals surface area contributed by atoms with Crippen molar-refractivity contribution in [3.05, 3.63) is 51.6 Å². The Morgan fingerprint density at radius 1 is 1.29 bits per heavy atom. The number of anilines is 2. The first-order valence-electron chi connectivity index (χ1n) is 6.49. The third kappa shape index (κ3) is 3.65. The second kappa shape index (κ2) is 6.78. The summed E-state index contributed by atoms with van der Waals surface area (Å²) in [4.78, 5) is 16.7. The van der Waals surface area contributed by atoms with Crippen molar-refractivity contribution >= 4 is 40.6 Å². The zero-order valence-corrected chi connectivity index (χ0v) is 13.2. The Bertz CT molecular complexity index is 652. The lowest BCUT2D eigenvalue weighted by Crippen LogP contribution is -2.13. The average Bonchev–Trinajstić information content (AvgIpc) is 2.51. The second-order valence-corrected chi connectivity index (χ2v) is 5.18. The van der Waals surface area contributed by atoms with E-state index in [9.17, 15) is 4.79 Å². The second-order valence-electron chi connectivity index (χ2n) is 4.39. The first-order chi connectivity index (χ1) is 10.0. The first kappa shape index (κ1) is 15.6. The Kier molecular flexibility index (Phi) is 5.04. The number of nitrogens with one attached hydrogen (secondary N) is 2. The van der Waals surface area contributed by atoms with Crippen LogP contribution < -0.4 is 10.6 Å². The molecule has 0 unspecified atom stereocenters. The van der Waals surface area contributed by atoms with Gasteiger partial charge >= 0.3 is 0 Å². The van der Waals surface area contributed by atoms with Gasteiger partial charge in [-0.15, -0.1) is 0 Å². The van der Waals surface area contributed by atoms with Crippen LogP contribution in [0.4, 0.5) is 11.5 Å². The first-order valence-corrected chi connectivity index (χ1v) is 7.24. The molecule has 0 aliphatic rings. The van der Waals surface area contributed by atoms with Gasteiger partial charge in [0.15, 0.2) is 0 Å². The van der Waals surface area contributed by atoms with Crippen LogP contribution in [0.25, 0.3) is 0 Å². The van der Waals surface area contributed by atoms with Gasteiger partial charge < -0.3 is 10.6 Å². The molecule has 6 heteroatoms. The molecular weight excluding hydrogens is 309 g/mol. The number of hydrogen-bond donors (Lipinski definition) is 2. The molecule has 0 aliphatic heterocycles. The molecule has 0 aliphatic carbocycles. The van der Waals surface area contributed by atoms with E-state index in [1.54, 1.807) is 37.4 Å². The van der Waals surface area contributed by atoms with Gasteiger partial charge in [0.1, 0.15) is 5.82 Å². The van der Waals surface area contributed by atoms with E-state index in [0.29, 0.717) is 27.1 Å². The number of rotatable bonds is 4. The van der Waals surface area contributed by atoms with Crippen molar-refractivity contribution in [3.63, 3.8) is 0 Å². The topological polar surface area (TPSA) is 54.0 Å². The largest absolute Gasteiger partial charge is 0.373 e. The predicted octanol–water partition coefficient (Wildman–Crippen LogP) is 4.24. The zero-order valence-electron chi connectivity index (χ0n) is 11.7. The number of carbonyl (C=O) groups excluding carboxylic acids is 1. The summed E-state index contributed by atoms with van der Waals surface area (Å²) in [6.07, 6.45) is 0.744. The van der Waals surface area contributed by atoms with Gasteiger partial charge in [0.2, 0.25) is 0 Å². The molecule has 0 saturated heterocycles. The molecular formula is C15H15Cl2N3O. The summed E-state index contributed by atoms with van der Waals surface area (Å²) in [5.74, 6) is 0.393. The van der Waals surface area contributed by atoms with Crippen LogP contribution in [0.5, 0.6) is 0 Å². The SMILES string of the molecule is CCc1cc(C(=O)Nc2cccc(Cl)c2Cl)cc(NC)n1. The minimum atomic E-state index is -0.257. The van der Waals surface area contributed by atoms with Crippen molar-refractivity contribution in [3.8, 4) is 0 Å². The Morgan fingerprint density at radius 3 is 2.71 bits per heavy atom. The normalized spacial score (nSPS) is 10.3. The monoisotopic (exact) mass is 323 g/mol. The highest BCUT2D eigenvalue weighted by Crippen LogP contribution is 2.29. The molecule has 0 bridgehead atoms. The van der Waals surface area contributed by atoms with Crippen LogP contribution in [0.1, 0.15) is 23.0 Å². The molecule has 21 heavy (non-hydrogen) atoms. The Hall–Kier alpha value is -1.78. The lowest BCUT2D eigenvalue weighted by atomic mass is 10.1. The van der Waals surface area contributed by atoms with Crippen molar-refractivity contribution in [1.29, 1.82) is 0 Å². The Balaban J connectivity index is 2.30. The van der Waals surface area contributed by atoms with Crippen molar-refractivity contribution in [1.82, 2.24) is 4.98 Å². The number of aromatic nitrogens is 1. The van der Waals surface area contributed by atoms with Crippen LogP contribution in [-0.4, -0.2) is 17.9 Å². The number of nitrogens with zero attached hydrogens (tertiary/aromatic N) is 1. The van der Waals surface area contributed by atoms with Gasteiger partial charge in [-0.3, -0.25) is 4.79 Å². The van der Waals surface area contributed by atoms with Crippen LogP contribution in [0.15, 0.2) is 30.3 Å². The van der Waals surface area contributed by atoms with Crippen LogP contribution in [-0.2, 0) is 6.42 Å². The summed E-state index contributed by atoms with van der Waals surface area (Å²) in [6.45, 7) is 1.98. The fourth-order valence-electron chi connectivity index (χ4n) is 1.82. The molecule has 2 N–H and O–H groups in total. The molecule has 0 spiro atoms. The van der Waals surface area contributed by atoms with E-state index in [0.717, 1.165) is 12.1 Å². The van der Waals surface area contributed by atoms with Gasteiger partial charge in [-0.05, 0) is 30.7 Å².